The molecule has 1 N–H and O–H groups in total. The third kappa shape index (κ3) is 4.71. The largest absolute Gasteiger partial charge is 0.395 e. The summed E-state index contributed by atoms with van der Waals surface area (Å²) < 4.78 is 0.981. The van der Waals surface area contributed by atoms with Gasteiger partial charge in [-0.2, -0.15) is 0 Å². The molecule has 1 aromatic carbocycles. The van der Waals surface area contributed by atoms with Crippen molar-refractivity contribution >= 4 is 27.9 Å². The lowest BCUT2D eigenvalue weighted by Gasteiger charge is -2.17. The lowest BCUT2D eigenvalue weighted by atomic mass is 10.2. The molecule has 0 atom stereocenters. The van der Waals surface area contributed by atoms with Crippen molar-refractivity contribution in [2.45, 2.75) is 6.92 Å². The van der Waals surface area contributed by atoms with Gasteiger partial charge in [0.05, 0.1) is 6.61 Å². The molecule has 1 aromatic rings. The van der Waals surface area contributed by atoms with Gasteiger partial charge in [-0.3, -0.25) is 4.79 Å². The molecule has 0 saturated carbocycles. The van der Waals surface area contributed by atoms with Crippen LogP contribution in [0.5, 0.6) is 0 Å². The number of likely N-dealkylation sites (N-methyl/N-ethyl adjacent to an activating group) is 1. The summed E-state index contributed by atoms with van der Waals surface area (Å²) >= 11 is 3.37. The molecule has 17 heavy (non-hydrogen) atoms. The molecule has 4 heteroatoms. The van der Waals surface area contributed by atoms with Gasteiger partial charge in [0.15, 0.2) is 0 Å². The Balaban J connectivity index is 2.67. The average molecular weight is 298 g/mol. The molecule has 0 unspecified atom stereocenters. The Kier molecular flexibility index (Phi) is 5.94. The Hall–Kier alpha value is -1.13. The zero-order valence-electron chi connectivity index (χ0n) is 9.77. The Bertz CT molecular complexity index is 404. The molecule has 0 aromatic heterocycles. The fourth-order valence-corrected chi connectivity index (χ4v) is 1.84. The van der Waals surface area contributed by atoms with Crippen molar-refractivity contribution < 1.29 is 9.90 Å². The van der Waals surface area contributed by atoms with Crippen LogP contribution in [0.15, 0.2) is 34.8 Å². The van der Waals surface area contributed by atoms with E-state index in [1.54, 1.807) is 11.0 Å². The maximum atomic E-state index is 11.7. The van der Waals surface area contributed by atoms with Crippen LogP contribution >= 0.6 is 15.9 Å². The molecule has 1 rings (SSSR count). The number of rotatable bonds is 5. The Morgan fingerprint density at radius 2 is 2.29 bits per heavy atom. The number of aliphatic hydroxyl groups is 1. The first-order valence-corrected chi connectivity index (χ1v) is 6.30. The Morgan fingerprint density at radius 1 is 1.53 bits per heavy atom. The van der Waals surface area contributed by atoms with E-state index in [2.05, 4.69) is 15.9 Å². The monoisotopic (exact) mass is 297 g/mol. The smallest absolute Gasteiger partial charge is 0.246 e. The van der Waals surface area contributed by atoms with Crippen LogP contribution in [-0.2, 0) is 4.79 Å². The van der Waals surface area contributed by atoms with Gasteiger partial charge >= 0.3 is 0 Å². The van der Waals surface area contributed by atoms with Gasteiger partial charge in [0.1, 0.15) is 0 Å². The molecule has 0 fully saturated rings. The van der Waals surface area contributed by atoms with Crippen molar-refractivity contribution in [1.82, 2.24) is 4.90 Å². The van der Waals surface area contributed by atoms with Crippen molar-refractivity contribution in [3.05, 3.63) is 40.4 Å². The molecule has 0 bridgehead atoms. The lowest BCUT2D eigenvalue weighted by molar-refractivity contribution is -0.126. The standard InChI is InChI=1S/C13H16BrNO2/c1-2-15(8-9-16)13(17)7-6-11-4-3-5-12(14)10-11/h3-7,10,16H,2,8-9H2,1H3/b7-6+. The van der Waals surface area contributed by atoms with Crippen LogP contribution in [0.3, 0.4) is 0 Å². The molecule has 1 amide bonds. The molecule has 3 nitrogen and oxygen atoms in total. The van der Waals surface area contributed by atoms with E-state index in [0.717, 1.165) is 10.0 Å². The van der Waals surface area contributed by atoms with E-state index in [9.17, 15) is 4.79 Å². The fraction of sp³-hybridized carbons (Fsp3) is 0.308. The molecule has 0 aliphatic heterocycles. The number of benzene rings is 1. The van der Waals surface area contributed by atoms with Crippen LogP contribution < -0.4 is 0 Å². The van der Waals surface area contributed by atoms with Gasteiger partial charge in [0.2, 0.25) is 5.91 Å². The summed E-state index contributed by atoms with van der Waals surface area (Å²) in [6.45, 7) is 2.85. The van der Waals surface area contributed by atoms with Gasteiger partial charge in [-0.1, -0.05) is 28.1 Å². The maximum absolute atomic E-state index is 11.7. The molecule has 0 aliphatic carbocycles. The van der Waals surface area contributed by atoms with Crippen molar-refractivity contribution in [2.75, 3.05) is 19.7 Å². The number of amides is 1. The number of nitrogens with zero attached hydrogens (tertiary/aromatic N) is 1. The fourth-order valence-electron chi connectivity index (χ4n) is 1.43. The predicted octanol–water partition coefficient (Wildman–Crippen LogP) is 2.30. The number of carbonyl (C=O) groups excluding carboxylic acids is 1. The second kappa shape index (κ2) is 7.25. The highest BCUT2D eigenvalue weighted by Gasteiger charge is 2.06. The first-order valence-electron chi connectivity index (χ1n) is 5.50. The van der Waals surface area contributed by atoms with Crippen LogP contribution in [0.1, 0.15) is 12.5 Å². The molecule has 0 radical (unpaired) electrons. The van der Waals surface area contributed by atoms with E-state index >= 15 is 0 Å². The first-order chi connectivity index (χ1) is 8.17. The van der Waals surface area contributed by atoms with E-state index in [-0.39, 0.29) is 12.5 Å². The minimum Gasteiger partial charge on any atom is -0.395 e. The van der Waals surface area contributed by atoms with Gasteiger partial charge in [0, 0.05) is 23.6 Å². The summed E-state index contributed by atoms with van der Waals surface area (Å²) in [5.74, 6) is -0.0819. The first kappa shape index (κ1) is 13.9. The van der Waals surface area contributed by atoms with E-state index < -0.39 is 0 Å². The summed E-state index contributed by atoms with van der Waals surface area (Å²) in [4.78, 5) is 13.3. The molecular formula is C13H16BrNO2. The Morgan fingerprint density at radius 3 is 2.88 bits per heavy atom. The molecule has 92 valence electrons. The van der Waals surface area contributed by atoms with E-state index in [1.165, 1.54) is 6.08 Å². The highest BCUT2D eigenvalue weighted by Crippen LogP contribution is 2.12. The number of carbonyl (C=O) groups is 1. The van der Waals surface area contributed by atoms with Crippen molar-refractivity contribution in [3.63, 3.8) is 0 Å². The molecule has 0 aliphatic rings. The van der Waals surface area contributed by atoms with E-state index in [0.29, 0.717) is 13.1 Å². The summed E-state index contributed by atoms with van der Waals surface area (Å²) in [7, 11) is 0. The normalized spacial score (nSPS) is 10.8. The zero-order chi connectivity index (χ0) is 12.7. The van der Waals surface area contributed by atoms with E-state index in [1.807, 2.05) is 31.2 Å². The second-order valence-electron chi connectivity index (χ2n) is 3.53. The summed E-state index contributed by atoms with van der Waals surface area (Å²) in [6.07, 6.45) is 3.30. The maximum Gasteiger partial charge on any atom is 0.246 e. The zero-order valence-corrected chi connectivity index (χ0v) is 11.4. The van der Waals surface area contributed by atoms with Crippen LogP contribution in [0, 0.1) is 0 Å². The lowest BCUT2D eigenvalue weighted by Crippen LogP contribution is -2.31. The highest BCUT2D eigenvalue weighted by atomic mass is 79.9. The highest BCUT2D eigenvalue weighted by molar-refractivity contribution is 9.10. The SMILES string of the molecule is CCN(CCO)C(=O)/C=C/c1cccc(Br)c1. The van der Waals surface area contributed by atoms with Gasteiger partial charge in [-0.05, 0) is 30.7 Å². The molecule has 0 saturated heterocycles. The molecular weight excluding hydrogens is 282 g/mol. The van der Waals surface area contributed by atoms with Crippen LogP contribution in [-0.4, -0.2) is 35.6 Å². The molecule has 0 spiro atoms. The minimum absolute atomic E-state index is 0.00962. The number of halogens is 1. The topological polar surface area (TPSA) is 40.5 Å². The van der Waals surface area contributed by atoms with Gasteiger partial charge in [0.25, 0.3) is 0 Å². The van der Waals surface area contributed by atoms with Crippen LogP contribution in [0.25, 0.3) is 6.08 Å². The number of hydrogen-bond donors (Lipinski definition) is 1. The summed E-state index contributed by atoms with van der Waals surface area (Å²) in [5, 5.41) is 8.81. The van der Waals surface area contributed by atoms with Crippen LogP contribution in [0.2, 0.25) is 0 Å². The van der Waals surface area contributed by atoms with Gasteiger partial charge < -0.3 is 10.0 Å². The minimum atomic E-state index is -0.0819. The van der Waals surface area contributed by atoms with Crippen molar-refractivity contribution in [3.8, 4) is 0 Å². The van der Waals surface area contributed by atoms with Crippen molar-refractivity contribution in [2.24, 2.45) is 0 Å². The van der Waals surface area contributed by atoms with Crippen LogP contribution in [0.4, 0.5) is 0 Å². The summed E-state index contributed by atoms with van der Waals surface area (Å²) in [6, 6.07) is 7.71. The van der Waals surface area contributed by atoms with Crippen molar-refractivity contribution in [1.29, 1.82) is 0 Å². The third-order valence-electron chi connectivity index (χ3n) is 2.33. The van der Waals surface area contributed by atoms with Gasteiger partial charge in [-0.15, -0.1) is 0 Å². The third-order valence-corrected chi connectivity index (χ3v) is 2.82. The quantitative estimate of drug-likeness (QED) is 0.847. The average Bonchev–Trinajstić information content (AvgIpc) is 2.33. The number of aliphatic hydroxyl groups excluding tert-OH is 1. The molecule has 0 heterocycles. The van der Waals surface area contributed by atoms with Gasteiger partial charge in [-0.25, -0.2) is 0 Å². The number of hydrogen-bond acceptors (Lipinski definition) is 2. The predicted molar refractivity (Wildman–Crippen MR) is 72.5 cm³/mol. The summed E-state index contributed by atoms with van der Waals surface area (Å²) in [5.41, 5.74) is 0.966. The Labute approximate surface area is 110 Å². The van der Waals surface area contributed by atoms with E-state index in [4.69, 9.17) is 5.11 Å². The second-order valence-corrected chi connectivity index (χ2v) is 4.45.